The molecule has 0 atom stereocenters. The third kappa shape index (κ3) is 4.95. The lowest BCUT2D eigenvalue weighted by atomic mass is 10.1. The summed E-state index contributed by atoms with van der Waals surface area (Å²) in [7, 11) is 3.12. The maximum absolute atomic E-state index is 12.6. The van der Waals surface area contributed by atoms with Gasteiger partial charge in [-0.1, -0.05) is 72.4 Å². The summed E-state index contributed by atoms with van der Waals surface area (Å²) >= 11 is 1.24. The molecule has 0 fully saturated rings. The smallest absolute Gasteiger partial charge is 0.257 e. The Morgan fingerprint density at radius 3 is 2.28 bits per heavy atom. The first-order valence-electron chi connectivity index (χ1n) is 9.94. The molecule has 3 aromatic carbocycles. The zero-order valence-electron chi connectivity index (χ0n) is 17.7. The number of aromatic nitrogens is 1. The van der Waals surface area contributed by atoms with Gasteiger partial charge in [-0.05, 0) is 12.1 Å². The van der Waals surface area contributed by atoms with Crippen LogP contribution in [0.4, 0.5) is 5.69 Å². The highest BCUT2D eigenvalue weighted by Crippen LogP contribution is 2.35. The molecule has 0 aliphatic carbocycles. The van der Waals surface area contributed by atoms with E-state index in [0.717, 1.165) is 16.8 Å². The number of ether oxygens (including phenoxy) is 2. The number of methoxy groups -OCH3 is 2. The van der Waals surface area contributed by atoms with Crippen LogP contribution in [-0.4, -0.2) is 30.9 Å². The van der Waals surface area contributed by atoms with E-state index < -0.39 is 0 Å². The first-order chi connectivity index (χ1) is 15.7. The first-order valence-corrected chi connectivity index (χ1v) is 10.9. The van der Waals surface area contributed by atoms with Gasteiger partial charge in [-0.25, -0.2) is 4.98 Å². The van der Waals surface area contributed by atoms with Crippen LogP contribution < -0.4 is 14.8 Å². The van der Waals surface area contributed by atoms with E-state index in [9.17, 15) is 4.79 Å². The Balaban J connectivity index is 1.51. The van der Waals surface area contributed by atoms with E-state index in [1.54, 1.807) is 32.4 Å². The van der Waals surface area contributed by atoms with E-state index in [4.69, 9.17) is 13.9 Å². The molecule has 1 heterocycles. The Bertz CT molecular complexity index is 1140. The second-order valence-corrected chi connectivity index (χ2v) is 7.72. The molecule has 0 radical (unpaired) electrons. The zero-order valence-corrected chi connectivity index (χ0v) is 18.5. The molecule has 6 nitrogen and oxygen atoms in total. The monoisotopic (exact) mass is 446 g/mol. The molecule has 0 aliphatic heterocycles. The Labute approximate surface area is 190 Å². The SMILES string of the molecule is COc1ccc(NC(=O)CSc2nc(-c3ccccc3)c(-c3ccccc3)o2)c(OC)c1. The van der Waals surface area contributed by atoms with E-state index in [1.807, 2.05) is 60.7 Å². The molecular formula is C25H22N2O4S. The van der Waals surface area contributed by atoms with Crippen LogP contribution in [0.5, 0.6) is 11.5 Å². The van der Waals surface area contributed by atoms with E-state index in [-0.39, 0.29) is 11.7 Å². The second-order valence-electron chi connectivity index (χ2n) is 6.79. The molecule has 0 spiro atoms. The lowest BCUT2D eigenvalue weighted by Gasteiger charge is -2.11. The van der Waals surface area contributed by atoms with Crippen LogP contribution in [-0.2, 0) is 4.79 Å². The number of hydrogen-bond donors (Lipinski definition) is 1. The minimum absolute atomic E-state index is 0.137. The largest absolute Gasteiger partial charge is 0.497 e. The van der Waals surface area contributed by atoms with Gasteiger partial charge in [-0.2, -0.15) is 0 Å². The summed E-state index contributed by atoms with van der Waals surface area (Å²) in [4.78, 5) is 17.2. The molecule has 1 aromatic heterocycles. The van der Waals surface area contributed by atoms with Crippen molar-refractivity contribution >= 4 is 23.4 Å². The highest BCUT2D eigenvalue weighted by atomic mass is 32.2. The summed E-state index contributed by atoms with van der Waals surface area (Å²) in [5.41, 5.74) is 3.20. The van der Waals surface area contributed by atoms with E-state index >= 15 is 0 Å². The number of rotatable bonds is 8. The molecule has 0 aliphatic rings. The Hall–Kier alpha value is -3.71. The molecule has 0 saturated heterocycles. The molecule has 32 heavy (non-hydrogen) atoms. The van der Waals surface area contributed by atoms with Gasteiger partial charge in [0.25, 0.3) is 5.22 Å². The average molecular weight is 447 g/mol. The average Bonchev–Trinajstić information content (AvgIpc) is 3.28. The van der Waals surface area contributed by atoms with Crippen molar-refractivity contribution in [3.8, 4) is 34.1 Å². The van der Waals surface area contributed by atoms with Crippen molar-refractivity contribution in [1.29, 1.82) is 0 Å². The topological polar surface area (TPSA) is 73.6 Å². The van der Waals surface area contributed by atoms with Gasteiger partial charge in [0.2, 0.25) is 5.91 Å². The predicted molar refractivity (Wildman–Crippen MR) is 126 cm³/mol. The lowest BCUT2D eigenvalue weighted by molar-refractivity contribution is -0.113. The van der Waals surface area contributed by atoms with Crippen molar-refractivity contribution in [3.63, 3.8) is 0 Å². The number of carbonyl (C=O) groups is 1. The molecule has 0 saturated carbocycles. The highest BCUT2D eigenvalue weighted by Gasteiger charge is 2.18. The minimum Gasteiger partial charge on any atom is -0.497 e. The van der Waals surface area contributed by atoms with Crippen LogP contribution in [0.25, 0.3) is 22.6 Å². The van der Waals surface area contributed by atoms with Gasteiger partial charge in [0.15, 0.2) is 5.76 Å². The summed E-state index contributed by atoms with van der Waals surface area (Å²) in [6.07, 6.45) is 0. The fraction of sp³-hybridized carbons (Fsp3) is 0.120. The summed E-state index contributed by atoms with van der Waals surface area (Å²) in [5, 5.41) is 3.29. The second kappa shape index (κ2) is 10.1. The van der Waals surface area contributed by atoms with Crippen molar-refractivity contribution < 1.29 is 18.7 Å². The molecule has 7 heteroatoms. The number of amides is 1. The number of hydrogen-bond acceptors (Lipinski definition) is 6. The number of thioether (sulfide) groups is 1. The summed E-state index contributed by atoms with van der Waals surface area (Å²) in [5.74, 6) is 1.79. The Kier molecular flexibility index (Phi) is 6.77. The van der Waals surface area contributed by atoms with E-state index in [2.05, 4.69) is 10.3 Å². The standard InChI is InChI=1S/C25H22N2O4S/c1-29-19-13-14-20(21(15-19)30-2)26-22(28)16-32-25-27-23(17-9-5-3-6-10-17)24(31-25)18-11-7-4-8-12-18/h3-15H,16H2,1-2H3,(H,26,28). The highest BCUT2D eigenvalue weighted by molar-refractivity contribution is 7.99. The minimum atomic E-state index is -0.195. The van der Waals surface area contributed by atoms with Crippen LogP contribution in [0, 0.1) is 0 Å². The number of carbonyl (C=O) groups excluding carboxylic acids is 1. The van der Waals surface area contributed by atoms with Crippen molar-refractivity contribution in [1.82, 2.24) is 4.98 Å². The van der Waals surface area contributed by atoms with Crippen molar-refractivity contribution in [2.75, 3.05) is 25.3 Å². The van der Waals surface area contributed by atoms with Gasteiger partial charge < -0.3 is 19.2 Å². The van der Waals surface area contributed by atoms with E-state index in [0.29, 0.717) is 28.2 Å². The molecule has 1 amide bonds. The number of nitrogens with zero attached hydrogens (tertiary/aromatic N) is 1. The van der Waals surface area contributed by atoms with Crippen LogP contribution in [0.3, 0.4) is 0 Å². The fourth-order valence-electron chi connectivity index (χ4n) is 3.15. The van der Waals surface area contributed by atoms with Gasteiger partial charge in [-0.3, -0.25) is 4.79 Å². The van der Waals surface area contributed by atoms with E-state index in [1.165, 1.54) is 11.8 Å². The number of oxazole rings is 1. The molecule has 1 N–H and O–H groups in total. The van der Waals surface area contributed by atoms with Crippen molar-refractivity contribution in [3.05, 3.63) is 78.9 Å². The molecule has 4 aromatic rings. The van der Waals surface area contributed by atoms with Crippen molar-refractivity contribution in [2.45, 2.75) is 5.22 Å². The fourth-order valence-corrected chi connectivity index (χ4v) is 3.78. The lowest BCUT2D eigenvalue weighted by Crippen LogP contribution is -2.14. The zero-order chi connectivity index (χ0) is 22.3. The normalized spacial score (nSPS) is 10.6. The Morgan fingerprint density at radius 1 is 0.938 bits per heavy atom. The molecule has 0 bridgehead atoms. The number of benzene rings is 3. The predicted octanol–water partition coefficient (Wildman–Crippen LogP) is 5.76. The summed E-state index contributed by atoms with van der Waals surface area (Å²) in [6, 6.07) is 24.9. The summed E-state index contributed by atoms with van der Waals surface area (Å²) in [6.45, 7) is 0. The molecule has 4 rings (SSSR count). The Morgan fingerprint density at radius 2 is 1.62 bits per heavy atom. The first kappa shape index (κ1) is 21.5. The van der Waals surface area contributed by atoms with Gasteiger partial charge in [-0.15, -0.1) is 0 Å². The number of nitrogens with one attached hydrogen (secondary N) is 1. The van der Waals surface area contributed by atoms with Gasteiger partial charge in [0, 0.05) is 17.2 Å². The van der Waals surface area contributed by atoms with Crippen molar-refractivity contribution in [2.24, 2.45) is 0 Å². The van der Waals surface area contributed by atoms with Gasteiger partial charge >= 0.3 is 0 Å². The molecule has 162 valence electrons. The summed E-state index contributed by atoms with van der Waals surface area (Å²) < 4.78 is 16.6. The third-order valence-corrected chi connectivity index (χ3v) is 5.53. The third-order valence-electron chi connectivity index (χ3n) is 4.70. The van der Waals surface area contributed by atoms with Gasteiger partial charge in [0.05, 0.1) is 25.7 Å². The quantitative estimate of drug-likeness (QED) is 0.347. The molecule has 0 unspecified atom stereocenters. The van der Waals surface area contributed by atoms with Gasteiger partial charge in [0.1, 0.15) is 17.2 Å². The van der Waals surface area contributed by atoms with Crippen LogP contribution in [0.2, 0.25) is 0 Å². The van der Waals surface area contributed by atoms with Crippen LogP contribution >= 0.6 is 11.8 Å². The van der Waals surface area contributed by atoms with Crippen LogP contribution in [0.1, 0.15) is 0 Å². The number of anilines is 1. The maximum Gasteiger partial charge on any atom is 0.257 e. The molecular weight excluding hydrogens is 424 g/mol. The van der Waals surface area contributed by atoms with Crippen LogP contribution in [0.15, 0.2) is 88.5 Å². The maximum atomic E-state index is 12.6.